The molecule has 0 spiro atoms. The molecule has 0 aliphatic heterocycles. The van der Waals surface area contributed by atoms with Crippen LogP contribution in [-0.2, 0) is 0 Å². The molecule has 90 valence electrons. The molecule has 0 radical (unpaired) electrons. The molecule has 1 aromatic carbocycles. The Kier molecular flexibility index (Phi) is 4.59. The van der Waals surface area contributed by atoms with Crippen LogP contribution in [0.1, 0.15) is 36.9 Å². The van der Waals surface area contributed by atoms with Gasteiger partial charge >= 0.3 is 0 Å². The predicted molar refractivity (Wildman–Crippen MR) is 68.1 cm³/mol. The van der Waals surface area contributed by atoms with Crippen molar-refractivity contribution in [2.45, 2.75) is 25.8 Å². The second-order valence-electron chi connectivity index (χ2n) is 4.12. The van der Waals surface area contributed by atoms with Gasteiger partial charge in [-0.2, -0.15) is 0 Å². The summed E-state index contributed by atoms with van der Waals surface area (Å²) in [6, 6.07) is 3.69. The van der Waals surface area contributed by atoms with Gasteiger partial charge in [0, 0.05) is 18.2 Å². The fraction of sp³-hybridized carbons (Fsp3) is 0.500. The Morgan fingerprint density at radius 1 is 1.38 bits per heavy atom. The maximum atomic E-state index is 6.16. The molecule has 0 heterocycles. The summed E-state index contributed by atoms with van der Waals surface area (Å²) in [5, 5.41) is 0.590. The van der Waals surface area contributed by atoms with E-state index in [1.165, 1.54) is 0 Å². The van der Waals surface area contributed by atoms with Crippen LogP contribution in [0.5, 0.6) is 5.75 Å². The fourth-order valence-corrected chi connectivity index (χ4v) is 1.90. The molecule has 1 unspecified atom stereocenters. The number of nitrogens with two attached hydrogens (primary N) is 2. The third-order valence-electron chi connectivity index (χ3n) is 2.62. The van der Waals surface area contributed by atoms with Gasteiger partial charge in [0.05, 0.1) is 12.1 Å². The van der Waals surface area contributed by atoms with E-state index in [0.29, 0.717) is 23.2 Å². The number of hydrogen-bond donors (Lipinski definition) is 2. The van der Waals surface area contributed by atoms with Crippen LogP contribution in [0.2, 0.25) is 5.02 Å². The first kappa shape index (κ1) is 13.3. The lowest BCUT2D eigenvalue weighted by molar-refractivity contribution is 0.406. The first-order valence-corrected chi connectivity index (χ1v) is 5.72. The van der Waals surface area contributed by atoms with E-state index in [2.05, 4.69) is 13.8 Å². The van der Waals surface area contributed by atoms with E-state index in [4.69, 9.17) is 27.8 Å². The topological polar surface area (TPSA) is 61.3 Å². The number of ether oxygens (including phenoxy) is 1. The van der Waals surface area contributed by atoms with Gasteiger partial charge in [-0.15, -0.1) is 0 Å². The molecule has 4 N–H and O–H groups in total. The van der Waals surface area contributed by atoms with Crippen molar-refractivity contribution < 1.29 is 4.74 Å². The minimum Gasteiger partial charge on any atom is -0.495 e. The third kappa shape index (κ3) is 2.67. The Hall–Kier alpha value is -0.770. The highest BCUT2D eigenvalue weighted by atomic mass is 35.5. The maximum absolute atomic E-state index is 6.16. The highest BCUT2D eigenvalue weighted by Gasteiger charge is 2.16. The molecule has 0 aliphatic rings. The van der Waals surface area contributed by atoms with Crippen molar-refractivity contribution in [3.8, 4) is 5.75 Å². The average molecular weight is 243 g/mol. The molecular weight excluding hydrogens is 224 g/mol. The molecule has 4 heteroatoms. The standard InChI is InChI=1S/C12H19ClN2O/c1-7(2)8-4-9(11(15)6-14)12(16-3)10(13)5-8/h4-5,7,11H,6,14-15H2,1-3H3. The SMILES string of the molecule is COc1c(Cl)cc(C(C)C)cc1C(N)CN. The minimum atomic E-state index is -0.244. The molecule has 0 bridgehead atoms. The molecule has 0 saturated heterocycles. The molecule has 0 saturated carbocycles. The summed E-state index contributed by atoms with van der Waals surface area (Å²) < 4.78 is 5.27. The van der Waals surface area contributed by atoms with E-state index in [0.717, 1.165) is 11.1 Å². The van der Waals surface area contributed by atoms with Crippen molar-refractivity contribution in [1.29, 1.82) is 0 Å². The number of hydrogen-bond acceptors (Lipinski definition) is 3. The highest BCUT2D eigenvalue weighted by molar-refractivity contribution is 6.32. The van der Waals surface area contributed by atoms with Gasteiger partial charge in [-0.3, -0.25) is 0 Å². The normalized spacial score (nSPS) is 12.9. The quantitative estimate of drug-likeness (QED) is 0.853. The monoisotopic (exact) mass is 242 g/mol. The Morgan fingerprint density at radius 3 is 2.44 bits per heavy atom. The summed E-state index contributed by atoms with van der Waals surface area (Å²) in [5.41, 5.74) is 13.5. The summed E-state index contributed by atoms with van der Waals surface area (Å²) in [7, 11) is 1.59. The molecule has 1 rings (SSSR count). The molecule has 1 aromatic rings. The minimum absolute atomic E-state index is 0.244. The molecule has 16 heavy (non-hydrogen) atoms. The van der Waals surface area contributed by atoms with Crippen LogP contribution in [0.25, 0.3) is 0 Å². The van der Waals surface area contributed by atoms with Gasteiger partial charge in [-0.25, -0.2) is 0 Å². The number of halogens is 1. The van der Waals surface area contributed by atoms with Crippen LogP contribution in [0, 0.1) is 0 Å². The summed E-state index contributed by atoms with van der Waals surface area (Å²) in [6.07, 6.45) is 0. The largest absolute Gasteiger partial charge is 0.495 e. The van der Waals surface area contributed by atoms with E-state index in [1.54, 1.807) is 7.11 Å². The Labute approximate surface area is 102 Å². The lowest BCUT2D eigenvalue weighted by Crippen LogP contribution is -2.21. The average Bonchev–Trinajstić information content (AvgIpc) is 2.26. The van der Waals surface area contributed by atoms with Crippen LogP contribution in [-0.4, -0.2) is 13.7 Å². The first-order chi connectivity index (χ1) is 7.51. The highest BCUT2D eigenvalue weighted by Crippen LogP contribution is 2.35. The van der Waals surface area contributed by atoms with Gasteiger partial charge in [0.1, 0.15) is 5.75 Å². The summed E-state index contributed by atoms with van der Waals surface area (Å²) >= 11 is 6.16. The molecule has 1 atom stereocenters. The lowest BCUT2D eigenvalue weighted by Gasteiger charge is -2.18. The van der Waals surface area contributed by atoms with Gasteiger partial charge in [0.25, 0.3) is 0 Å². The Balaban J connectivity index is 3.30. The van der Waals surface area contributed by atoms with Gasteiger partial charge in [-0.1, -0.05) is 31.5 Å². The van der Waals surface area contributed by atoms with E-state index in [1.807, 2.05) is 12.1 Å². The zero-order valence-electron chi connectivity index (χ0n) is 9.96. The van der Waals surface area contributed by atoms with Crippen LogP contribution in [0.3, 0.4) is 0 Å². The van der Waals surface area contributed by atoms with Crippen molar-refractivity contribution in [2.75, 3.05) is 13.7 Å². The molecule has 3 nitrogen and oxygen atoms in total. The van der Waals surface area contributed by atoms with Crippen LogP contribution in [0.15, 0.2) is 12.1 Å². The van der Waals surface area contributed by atoms with Gasteiger partial charge in [0.15, 0.2) is 0 Å². The van der Waals surface area contributed by atoms with Crippen LogP contribution < -0.4 is 16.2 Å². The van der Waals surface area contributed by atoms with Gasteiger partial charge < -0.3 is 16.2 Å². The molecule has 0 aromatic heterocycles. The van der Waals surface area contributed by atoms with Crippen LogP contribution >= 0.6 is 11.6 Å². The second kappa shape index (κ2) is 5.53. The third-order valence-corrected chi connectivity index (χ3v) is 2.90. The summed E-state index contributed by atoms with van der Waals surface area (Å²) in [6.45, 7) is 4.58. The van der Waals surface area contributed by atoms with E-state index in [9.17, 15) is 0 Å². The zero-order chi connectivity index (χ0) is 12.3. The smallest absolute Gasteiger partial charge is 0.142 e. The molecule has 0 fully saturated rings. The number of benzene rings is 1. The summed E-state index contributed by atoms with van der Waals surface area (Å²) in [4.78, 5) is 0. The Bertz CT molecular complexity index is 366. The van der Waals surface area contributed by atoms with Crippen molar-refractivity contribution >= 4 is 11.6 Å². The van der Waals surface area contributed by atoms with Gasteiger partial charge in [0.2, 0.25) is 0 Å². The number of rotatable bonds is 4. The molecule has 0 amide bonds. The predicted octanol–water partition coefficient (Wildman–Crippen LogP) is 2.43. The van der Waals surface area contributed by atoms with E-state index in [-0.39, 0.29) is 6.04 Å². The Morgan fingerprint density at radius 2 is 2.00 bits per heavy atom. The van der Waals surface area contributed by atoms with Crippen molar-refractivity contribution in [3.05, 3.63) is 28.3 Å². The maximum Gasteiger partial charge on any atom is 0.142 e. The molecule has 0 aliphatic carbocycles. The van der Waals surface area contributed by atoms with E-state index >= 15 is 0 Å². The second-order valence-corrected chi connectivity index (χ2v) is 4.53. The summed E-state index contributed by atoms with van der Waals surface area (Å²) in [5.74, 6) is 1.02. The van der Waals surface area contributed by atoms with E-state index < -0.39 is 0 Å². The molecular formula is C12H19ClN2O. The van der Waals surface area contributed by atoms with Crippen molar-refractivity contribution in [3.63, 3.8) is 0 Å². The van der Waals surface area contributed by atoms with Crippen molar-refractivity contribution in [1.82, 2.24) is 0 Å². The van der Waals surface area contributed by atoms with Gasteiger partial charge in [-0.05, 0) is 17.5 Å². The fourth-order valence-electron chi connectivity index (χ4n) is 1.59. The lowest BCUT2D eigenvalue weighted by atomic mass is 9.97. The first-order valence-electron chi connectivity index (χ1n) is 5.34. The van der Waals surface area contributed by atoms with Crippen molar-refractivity contribution in [2.24, 2.45) is 11.5 Å². The zero-order valence-corrected chi connectivity index (χ0v) is 10.7. The number of methoxy groups -OCH3 is 1. The van der Waals surface area contributed by atoms with Crippen LogP contribution in [0.4, 0.5) is 0 Å².